The highest BCUT2D eigenvalue weighted by atomic mass is 16.2. The van der Waals surface area contributed by atoms with Crippen molar-refractivity contribution in [3.63, 3.8) is 0 Å². The number of carbonyl (C=O) groups is 4. The van der Waals surface area contributed by atoms with Gasteiger partial charge >= 0.3 is 0 Å². The van der Waals surface area contributed by atoms with Gasteiger partial charge in [0, 0.05) is 31.2 Å². The Labute approximate surface area is 187 Å². The molecule has 2 aliphatic carbocycles. The van der Waals surface area contributed by atoms with Gasteiger partial charge in [0.05, 0.1) is 12.5 Å². The lowest BCUT2D eigenvalue weighted by Crippen LogP contribution is -2.49. The van der Waals surface area contributed by atoms with Gasteiger partial charge in [0.2, 0.25) is 17.7 Å². The first-order valence-corrected chi connectivity index (χ1v) is 11.8. The van der Waals surface area contributed by atoms with Crippen LogP contribution in [0.4, 0.5) is 0 Å². The number of fused-ring (bicyclic) bond motifs is 1. The van der Waals surface area contributed by atoms with Crippen LogP contribution in [-0.4, -0.2) is 65.6 Å². The molecule has 2 N–H and O–H groups in total. The van der Waals surface area contributed by atoms with Crippen LogP contribution in [0.2, 0.25) is 0 Å². The largest absolute Gasteiger partial charge is 0.356 e. The zero-order valence-corrected chi connectivity index (χ0v) is 18.2. The van der Waals surface area contributed by atoms with Crippen LogP contribution in [0.25, 0.3) is 0 Å². The third-order valence-corrected chi connectivity index (χ3v) is 7.01. The minimum absolute atomic E-state index is 0.0274. The smallest absolute Gasteiger partial charge is 0.255 e. The first kappa shape index (κ1) is 21.0. The number of nitrogens with one attached hydrogen (secondary N) is 2. The molecule has 1 aromatic carbocycles. The predicted molar refractivity (Wildman–Crippen MR) is 116 cm³/mol. The fourth-order valence-corrected chi connectivity index (χ4v) is 4.83. The van der Waals surface area contributed by atoms with E-state index in [4.69, 9.17) is 0 Å². The van der Waals surface area contributed by atoms with E-state index in [1.165, 1.54) is 12.8 Å². The zero-order valence-electron chi connectivity index (χ0n) is 18.2. The normalized spacial score (nSPS) is 24.8. The van der Waals surface area contributed by atoms with Crippen LogP contribution in [0.15, 0.2) is 24.3 Å². The molecule has 2 aliphatic heterocycles. The Kier molecular flexibility index (Phi) is 5.61. The molecule has 0 bridgehead atoms. The van der Waals surface area contributed by atoms with Crippen molar-refractivity contribution in [2.45, 2.75) is 50.6 Å². The molecular formula is C24H30N4O4. The topological polar surface area (TPSA) is 98.8 Å². The first-order valence-electron chi connectivity index (χ1n) is 11.8. The van der Waals surface area contributed by atoms with E-state index in [9.17, 15) is 19.2 Å². The standard InChI is InChI=1S/C24H30N4O4/c29-20(27-11-3-4-16(14-27)22(30)25-12-15-7-8-15)13-26-23(31)21-18-5-1-2-6-19(18)24(32)28(21)17-9-10-17/h1-2,5-6,15-17,21H,3-4,7-14H2,(H,25,30)(H,26,31). The summed E-state index contributed by atoms with van der Waals surface area (Å²) < 4.78 is 0. The average molecular weight is 439 g/mol. The molecule has 2 atom stereocenters. The number of hydrogen-bond acceptors (Lipinski definition) is 4. The van der Waals surface area contributed by atoms with E-state index < -0.39 is 6.04 Å². The van der Waals surface area contributed by atoms with Crippen molar-refractivity contribution in [2.24, 2.45) is 11.8 Å². The predicted octanol–water partition coefficient (Wildman–Crippen LogP) is 1.23. The molecule has 0 radical (unpaired) electrons. The molecule has 8 heteroatoms. The number of rotatable bonds is 7. The molecule has 8 nitrogen and oxygen atoms in total. The Hall–Kier alpha value is -2.90. The number of piperidine rings is 1. The number of carbonyl (C=O) groups excluding carboxylic acids is 4. The molecule has 32 heavy (non-hydrogen) atoms. The fraction of sp³-hybridized carbons (Fsp3) is 0.583. The summed E-state index contributed by atoms with van der Waals surface area (Å²) in [6.07, 6.45) is 5.74. The van der Waals surface area contributed by atoms with E-state index in [1.807, 2.05) is 12.1 Å². The number of hydrogen-bond donors (Lipinski definition) is 2. The van der Waals surface area contributed by atoms with Crippen LogP contribution in [-0.2, 0) is 14.4 Å². The third-order valence-electron chi connectivity index (χ3n) is 7.01. The van der Waals surface area contributed by atoms with E-state index in [-0.39, 0.29) is 42.1 Å². The van der Waals surface area contributed by atoms with E-state index in [0.717, 1.165) is 32.2 Å². The summed E-state index contributed by atoms with van der Waals surface area (Å²) >= 11 is 0. The van der Waals surface area contributed by atoms with E-state index in [1.54, 1.807) is 21.9 Å². The second-order valence-corrected chi connectivity index (χ2v) is 9.52. The van der Waals surface area contributed by atoms with Crippen molar-refractivity contribution in [1.29, 1.82) is 0 Å². The minimum atomic E-state index is -0.679. The van der Waals surface area contributed by atoms with E-state index in [2.05, 4.69) is 10.6 Å². The highest BCUT2D eigenvalue weighted by Crippen LogP contribution is 2.41. The summed E-state index contributed by atoms with van der Waals surface area (Å²) in [7, 11) is 0. The Bertz CT molecular complexity index is 940. The molecule has 4 amide bonds. The molecule has 0 aromatic heterocycles. The summed E-state index contributed by atoms with van der Waals surface area (Å²) in [6, 6.07) is 6.62. The maximum absolute atomic E-state index is 13.1. The molecular weight excluding hydrogens is 408 g/mol. The second-order valence-electron chi connectivity index (χ2n) is 9.52. The molecule has 3 fully saturated rings. The Morgan fingerprint density at radius 2 is 1.75 bits per heavy atom. The minimum Gasteiger partial charge on any atom is -0.356 e. The molecule has 5 rings (SSSR count). The maximum Gasteiger partial charge on any atom is 0.255 e. The third kappa shape index (κ3) is 4.23. The summed E-state index contributed by atoms with van der Waals surface area (Å²) in [5.41, 5.74) is 1.28. The van der Waals surface area contributed by atoms with Crippen molar-refractivity contribution in [1.82, 2.24) is 20.4 Å². The SMILES string of the molecule is O=C(NCC1CC1)C1CCCN(C(=O)CNC(=O)C2c3ccccc3C(=O)N2C2CC2)C1. The molecule has 1 aromatic rings. The molecule has 0 spiro atoms. The van der Waals surface area contributed by atoms with Gasteiger partial charge in [-0.05, 0) is 56.1 Å². The maximum atomic E-state index is 13.1. The quantitative estimate of drug-likeness (QED) is 0.669. The van der Waals surface area contributed by atoms with Crippen LogP contribution in [0.5, 0.6) is 0 Å². The number of benzene rings is 1. The molecule has 2 saturated carbocycles. The number of nitrogens with zero attached hydrogens (tertiary/aromatic N) is 2. The molecule has 2 heterocycles. The van der Waals surface area contributed by atoms with Gasteiger partial charge in [-0.25, -0.2) is 0 Å². The average Bonchev–Trinajstić information content (AvgIpc) is 3.74. The summed E-state index contributed by atoms with van der Waals surface area (Å²) in [6.45, 7) is 1.60. The lowest BCUT2D eigenvalue weighted by molar-refractivity contribution is -0.137. The molecule has 4 aliphatic rings. The van der Waals surface area contributed by atoms with Gasteiger partial charge in [-0.3, -0.25) is 19.2 Å². The molecule has 1 saturated heterocycles. The van der Waals surface area contributed by atoms with Gasteiger partial charge in [0.25, 0.3) is 5.91 Å². The number of amides is 4. The van der Waals surface area contributed by atoms with Crippen LogP contribution in [0, 0.1) is 11.8 Å². The Balaban J connectivity index is 1.18. The van der Waals surface area contributed by atoms with E-state index in [0.29, 0.717) is 30.1 Å². The monoisotopic (exact) mass is 438 g/mol. The highest BCUT2D eigenvalue weighted by Gasteiger charge is 2.47. The van der Waals surface area contributed by atoms with Crippen LogP contribution >= 0.6 is 0 Å². The van der Waals surface area contributed by atoms with Crippen LogP contribution < -0.4 is 10.6 Å². The van der Waals surface area contributed by atoms with Crippen molar-refractivity contribution < 1.29 is 19.2 Å². The van der Waals surface area contributed by atoms with Crippen LogP contribution in [0.3, 0.4) is 0 Å². The second kappa shape index (κ2) is 8.56. The van der Waals surface area contributed by atoms with Gasteiger partial charge in [-0.1, -0.05) is 18.2 Å². The Morgan fingerprint density at radius 3 is 2.50 bits per heavy atom. The van der Waals surface area contributed by atoms with Crippen molar-refractivity contribution in [2.75, 3.05) is 26.2 Å². The first-order chi connectivity index (χ1) is 15.5. The van der Waals surface area contributed by atoms with Crippen molar-refractivity contribution in [3.05, 3.63) is 35.4 Å². The van der Waals surface area contributed by atoms with Gasteiger partial charge in [-0.15, -0.1) is 0 Å². The number of likely N-dealkylation sites (tertiary alicyclic amines) is 1. The molecule has 2 unspecified atom stereocenters. The van der Waals surface area contributed by atoms with Gasteiger partial charge < -0.3 is 20.4 Å². The Morgan fingerprint density at radius 1 is 0.969 bits per heavy atom. The zero-order chi connectivity index (χ0) is 22.2. The summed E-state index contributed by atoms with van der Waals surface area (Å²) in [4.78, 5) is 54.5. The summed E-state index contributed by atoms with van der Waals surface area (Å²) in [5.74, 6) is -0.150. The lowest BCUT2D eigenvalue weighted by atomic mass is 9.97. The van der Waals surface area contributed by atoms with E-state index >= 15 is 0 Å². The highest BCUT2D eigenvalue weighted by molar-refractivity contribution is 6.05. The summed E-state index contributed by atoms with van der Waals surface area (Å²) in [5, 5.41) is 5.78. The van der Waals surface area contributed by atoms with Gasteiger partial charge in [0.1, 0.15) is 6.04 Å². The lowest BCUT2D eigenvalue weighted by Gasteiger charge is -2.32. The molecule has 170 valence electrons. The van der Waals surface area contributed by atoms with Gasteiger partial charge in [-0.2, -0.15) is 0 Å². The van der Waals surface area contributed by atoms with Crippen molar-refractivity contribution >= 4 is 23.6 Å². The van der Waals surface area contributed by atoms with Crippen LogP contribution in [0.1, 0.15) is 60.5 Å². The fourth-order valence-electron chi connectivity index (χ4n) is 4.83. The van der Waals surface area contributed by atoms with Gasteiger partial charge in [0.15, 0.2) is 0 Å². The van der Waals surface area contributed by atoms with Crippen molar-refractivity contribution in [3.8, 4) is 0 Å².